The predicted octanol–water partition coefficient (Wildman–Crippen LogP) is 1.51. The van der Waals surface area contributed by atoms with Gasteiger partial charge in [0.05, 0.1) is 6.20 Å². The second-order valence-corrected chi connectivity index (χ2v) is 4.06. The molecule has 0 saturated heterocycles. The molecule has 2 N–H and O–H groups in total. The molecule has 0 bridgehead atoms. The molecule has 4 heteroatoms. The Morgan fingerprint density at radius 2 is 2.42 bits per heavy atom. The predicted molar refractivity (Wildman–Crippen MR) is 52.4 cm³/mol. The van der Waals surface area contributed by atoms with E-state index in [1.54, 1.807) is 11.8 Å². The Kier molecular flexibility index (Phi) is 3.62. The molecule has 0 aromatic carbocycles. The maximum Gasteiger partial charge on any atom is 0.0626 e. The number of hydrogen-bond acceptors (Lipinski definition) is 3. The summed E-state index contributed by atoms with van der Waals surface area (Å²) in [6, 6.07) is 0.442. The van der Waals surface area contributed by atoms with Crippen LogP contribution in [-0.2, 0) is 0 Å². The molecule has 0 amide bonds. The summed E-state index contributed by atoms with van der Waals surface area (Å²) >= 11 is 1.75. The normalized spacial score (nSPS) is 11.0. The highest BCUT2D eigenvalue weighted by Gasteiger charge is 2.00. The van der Waals surface area contributed by atoms with Gasteiger partial charge in [0.2, 0.25) is 0 Å². The SMILES string of the molecule is CC(C)n1cc(SCCN)cn1. The van der Waals surface area contributed by atoms with Crippen molar-refractivity contribution in [1.82, 2.24) is 9.78 Å². The van der Waals surface area contributed by atoms with Gasteiger partial charge < -0.3 is 5.73 Å². The van der Waals surface area contributed by atoms with Crippen molar-refractivity contribution in [3.8, 4) is 0 Å². The lowest BCUT2D eigenvalue weighted by Gasteiger charge is -2.02. The first-order valence-corrected chi connectivity index (χ1v) is 5.09. The molecule has 3 nitrogen and oxygen atoms in total. The summed E-state index contributed by atoms with van der Waals surface area (Å²) in [6.07, 6.45) is 3.95. The van der Waals surface area contributed by atoms with Gasteiger partial charge in [0.15, 0.2) is 0 Å². The lowest BCUT2D eigenvalue weighted by molar-refractivity contribution is 0.531. The van der Waals surface area contributed by atoms with E-state index in [-0.39, 0.29) is 0 Å². The van der Waals surface area contributed by atoms with Crippen LogP contribution in [0.1, 0.15) is 19.9 Å². The third kappa shape index (κ3) is 2.53. The summed E-state index contributed by atoms with van der Waals surface area (Å²) in [7, 11) is 0. The van der Waals surface area contributed by atoms with Gasteiger partial charge in [-0.05, 0) is 13.8 Å². The molecule has 68 valence electrons. The van der Waals surface area contributed by atoms with Gasteiger partial charge in [0.1, 0.15) is 0 Å². The molecular formula is C8H15N3S. The number of aromatic nitrogens is 2. The second-order valence-electron chi connectivity index (χ2n) is 2.89. The summed E-state index contributed by atoms with van der Waals surface area (Å²) in [4.78, 5) is 1.20. The number of rotatable bonds is 4. The molecule has 1 aromatic heterocycles. The highest BCUT2D eigenvalue weighted by Crippen LogP contribution is 2.17. The lowest BCUT2D eigenvalue weighted by atomic mass is 10.4. The molecule has 0 aliphatic rings. The monoisotopic (exact) mass is 185 g/mol. The molecule has 0 aliphatic heterocycles. The summed E-state index contributed by atoms with van der Waals surface area (Å²) in [5, 5.41) is 4.22. The molecule has 0 fully saturated rings. The minimum absolute atomic E-state index is 0.442. The topological polar surface area (TPSA) is 43.8 Å². The van der Waals surface area contributed by atoms with E-state index in [1.807, 2.05) is 10.9 Å². The van der Waals surface area contributed by atoms with Crippen molar-refractivity contribution in [2.75, 3.05) is 12.3 Å². The summed E-state index contributed by atoms with van der Waals surface area (Å²) in [6.45, 7) is 4.95. The Labute approximate surface area is 77.3 Å². The summed E-state index contributed by atoms with van der Waals surface area (Å²) in [5.41, 5.74) is 5.39. The molecule has 0 unspecified atom stereocenters. The molecule has 1 rings (SSSR count). The van der Waals surface area contributed by atoms with E-state index in [2.05, 4.69) is 25.1 Å². The zero-order chi connectivity index (χ0) is 8.97. The van der Waals surface area contributed by atoms with Crippen molar-refractivity contribution < 1.29 is 0 Å². The van der Waals surface area contributed by atoms with E-state index in [0.29, 0.717) is 6.04 Å². The highest BCUT2D eigenvalue weighted by molar-refractivity contribution is 7.99. The number of hydrogen-bond donors (Lipinski definition) is 1. The number of nitrogens with two attached hydrogens (primary N) is 1. The van der Waals surface area contributed by atoms with Gasteiger partial charge in [-0.2, -0.15) is 5.10 Å². The molecule has 0 aliphatic carbocycles. The van der Waals surface area contributed by atoms with Crippen LogP contribution >= 0.6 is 11.8 Å². The molecule has 1 aromatic rings. The molecule has 12 heavy (non-hydrogen) atoms. The minimum Gasteiger partial charge on any atom is -0.330 e. The Morgan fingerprint density at radius 1 is 1.67 bits per heavy atom. The van der Waals surface area contributed by atoms with Crippen LogP contribution in [0.4, 0.5) is 0 Å². The average Bonchev–Trinajstić information content (AvgIpc) is 2.48. The average molecular weight is 185 g/mol. The maximum atomic E-state index is 5.39. The Morgan fingerprint density at radius 3 is 2.92 bits per heavy atom. The minimum atomic E-state index is 0.442. The quantitative estimate of drug-likeness (QED) is 0.723. The zero-order valence-electron chi connectivity index (χ0n) is 7.53. The third-order valence-corrected chi connectivity index (χ3v) is 2.48. The first-order chi connectivity index (χ1) is 5.74. The van der Waals surface area contributed by atoms with Crippen molar-refractivity contribution in [1.29, 1.82) is 0 Å². The van der Waals surface area contributed by atoms with E-state index in [0.717, 1.165) is 12.3 Å². The van der Waals surface area contributed by atoms with E-state index in [1.165, 1.54) is 4.90 Å². The van der Waals surface area contributed by atoms with Crippen molar-refractivity contribution >= 4 is 11.8 Å². The Bertz CT molecular complexity index is 232. The van der Waals surface area contributed by atoms with Gasteiger partial charge in [-0.15, -0.1) is 11.8 Å². The van der Waals surface area contributed by atoms with Crippen LogP contribution in [0.5, 0.6) is 0 Å². The van der Waals surface area contributed by atoms with Gasteiger partial charge in [-0.1, -0.05) is 0 Å². The van der Waals surface area contributed by atoms with Gasteiger partial charge in [-0.25, -0.2) is 0 Å². The van der Waals surface area contributed by atoms with E-state index in [9.17, 15) is 0 Å². The van der Waals surface area contributed by atoms with Gasteiger partial charge in [-0.3, -0.25) is 4.68 Å². The maximum absolute atomic E-state index is 5.39. The van der Waals surface area contributed by atoms with Gasteiger partial charge in [0.25, 0.3) is 0 Å². The van der Waals surface area contributed by atoms with Crippen LogP contribution in [-0.4, -0.2) is 22.1 Å². The largest absolute Gasteiger partial charge is 0.330 e. The van der Waals surface area contributed by atoms with Crippen molar-refractivity contribution in [3.63, 3.8) is 0 Å². The standard InChI is InChI=1S/C8H15N3S/c1-7(2)11-6-8(5-10-11)12-4-3-9/h5-7H,3-4,9H2,1-2H3. The van der Waals surface area contributed by atoms with Crippen molar-refractivity contribution in [3.05, 3.63) is 12.4 Å². The van der Waals surface area contributed by atoms with Gasteiger partial charge in [0, 0.05) is 29.4 Å². The molecule has 0 radical (unpaired) electrons. The highest BCUT2D eigenvalue weighted by atomic mass is 32.2. The van der Waals surface area contributed by atoms with Crippen LogP contribution in [0.25, 0.3) is 0 Å². The molecule has 0 saturated carbocycles. The molecule has 1 heterocycles. The Hall–Kier alpha value is -0.480. The van der Waals surface area contributed by atoms with Crippen molar-refractivity contribution in [2.45, 2.75) is 24.8 Å². The second kappa shape index (κ2) is 4.52. The zero-order valence-corrected chi connectivity index (χ0v) is 8.34. The Balaban J connectivity index is 2.52. The van der Waals surface area contributed by atoms with Gasteiger partial charge >= 0.3 is 0 Å². The molecule has 0 atom stereocenters. The first-order valence-electron chi connectivity index (χ1n) is 4.11. The molecule has 0 spiro atoms. The number of nitrogens with zero attached hydrogens (tertiary/aromatic N) is 2. The van der Waals surface area contributed by atoms with E-state index >= 15 is 0 Å². The van der Waals surface area contributed by atoms with Crippen LogP contribution < -0.4 is 5.73 Å². The molecular weight excluding hydrogens is 170 g/mol. The third-order valence-electron chi connectivity index (χ3n) is 1.49. The number of thioether (sulfide) groups is 1. The first kappa shape index (κ1) is 9.61. The van der Waals surface area contributed by atoms with E-state index < -0.39 is 0 Å². The van der Waals surface area contributed by atoms with Crippen LogP contribution in [0.2, 0.25) is 0 Å². The lowest BCUT2D eigenvalue weighted by Crippen LogP contribution is -2.01. The fourth-order valence-electron chi connectivity index (χ4n) is 0.854. The summed E-state index contributed by atoms with van der Waals surface area (Å²) < 4.78 is 1.96. The van der Waals surface area contributed by atoms with E-state index in [4.69, 9.17) is 5.73 Å². The summed E-state index contributed by atoms with van der Waals surface area (Å²) in [5.74, 6) is 0.962. The smallest absolute Gasteiger partial charge is 0.0626 e. The fourth-order valence-corrected chi connectivity index (χ4v) is 1.51. The van der Waals surface area contributed by atoms with Crippen molar-refractivity contribution in [2.24, 2.45) is 5.73 Å². The van der Waals surface area contributed by atoms with Crippen LogP contribution in [0.15, 0.2) is 17.3 Å². The van der Waals surface area contributed by atoms with Crippen LogP contribution in [0, 0.1) is 0 Å². The fraction of sp³-hybridized carbons (Fsp3) is 0.625. The van der Waals surface area contributed by atoms with Crippen LogP contribution in [0.3, 0.4) is 0 Å².